The fourth-order valence-corrected chi connectivity index (χ4v) is 3.19. The van der Waals surface area contributed by atoms with Crippen LogP contribution in [0.4, 0.5) is 0 Å². The number of carbonyl (C=O) groups is 1. The number of furan rings is 1. The predicted molar refractivity (Wildman–Crippen MR) is 99.4 cm³/mol. The van der Waals surface area contributed by atoms with Crippen molar-refractivity contribution in [2.75, 3.05) is 0 Å². The quantitative estimate of drug-likeness (QED) is 0.624. The highest BCUT2D eigenvalue weighted by molar-refractivity contribution is 9.10. The Labute approximate surface area is 153 Å². The van der Waals surface area contributed by atoms with Crippen molar-refractivity contribution in [3.8, 4) is 0 Å². The Kier molecular flexibility index (Phi) is 4.24. The van der Waals surface area contributed by atoms with Gasteiger partial charge < -0.3 is 4.42 Å². The Bertz CT molecular complexity index is 903. The molecule has 0 spiro atoms. The van der Waals surface area contributed by atoms with Crippen molar-refractivity contribution < 1.29 is 9.21 Å². The van der Waals surface area contributed by atoms with Crippen molar-refractivity contribution in [3.63, 3.8) is 0 Å². The van der Waals surface area contributed by atoms with Crippen LogP contribution in [0.5, 0.6) is 0 Å². The molecule has 124 valence electrons. The van der Waals surface area contributed by atoms with Gasteiger partial charge in [-0.15, -0.1) is 0 Å². The maximum Gasteiger partial charge on any atom is 0.274 e. The van der Waals surface area contributed by atoms with E-state index in [-0.39, 0.29) is 11.9 Å². The zero-order chi connectivity index (χ0) is 17.2. The first-order valence-electron chi connectivity index (χ1n) is 7.98. The molecule has 4 nitrogen and oxygen atoms in total. The fourth-order valence-electron chi connectivity index (χ4n) is 2.93. The van der Waals surface area contributed by atoms with Gasteiger partial charge in [-0.1, -0.05) is 46.3 Å². The van der Waals surface area contributed by atoms with E-state index >= 15 is 0 Å². The second-order valence-electron chi connectivity index (χ2n) is 5.80. The molecular formula is C20H15BrN2O2. The molecule has 0 saturated heterocycles. The second-order valence-corrected chi connectivity index (χ2v) is 6.72. The van der Waals surface area contributed by atoms with Crippen molar-refractivity contribution in [2.24, 2.45) is 5.10 Å². The minimum absolute atomic E-state index is 0.130. The van der Waals surface area contributed by atoms with E-state index in [2.05, 4.69) is 21.0 Å². The maximum atomic E-state index is 13.0. The molecule has 4 rings (SSSR count). The Morgan fingerprint density at radius 3 is 2.48 bits per heavy atom. The lowest BCUT2D eigenvalue weighted by molar-refractivity contribution is 0.0693. The number of benzene rings is 2. The summed E-state index contributed by atoms with van der Waals surface area (Å²) < 4.78 is 6.57. The zero-order valence-electron chi connectivity index (χ0n) is 13.3. The van der Waals surface area contributed by atoms with Crippen LogP contribution in [0.25, 0.3) is 0 Å². The molecule has 1 aromatic heterocycles. The first-order chi connectivity index (χ1) is 12.2. The van der Waals surface area contributed by atoms with Crippen LogP contribution in [0.1, 0.15) is 34.1 Å². The Balaban J connectivity index is 1.71. The lowest BCUT2D eigenvalue weighted by atomic mass is 10.0. The molecule has 1 unspecified atom stereocenters. The second kappa shape index (κ2) is 6.69. The third-order valence-electron chi connectivity index (χ3n) is 4.19. The van der Waals surface area contributed by atoms with Crippen LogP contribution in [0.3, 0.4) is 0 Å². The Morgan fingerprint density at radius 1 is 1.04 bits per heavy atom. The normalized spacial score (nSPS) is 16.8. The van der Waals surface area contributed by atoms with Crippen LogP contribution in [0.2, 0.25) is 0 Å². The topological polar surface area (TPSA) is 45.8 Å². The SMILES string of the molecule is O=C(c1ccccc1)N1N=C(c2ccc(Br)cc2)CC1c1ccco1. The van der Waals surface area contributed by atoms with Gasteiger partial charge in [0.25, 0.3) is 5.91 Å². The standard InChI is InChI=1S/C20H15BrN2O2/c21-16-10-8-14(9-11-16)17-13-18(19-7-4-12-25-19)23(22-17)20(24)15-5-2-1-3-6-15/h1-12,18H,13H2. The van der Waals surface area contributed by atoms with Gasteiger partial charge in [-0.2, -0.15) is 5.10 Å². The van der Waals surface area contributed by atoms with Gasteiger partial charge in [0.1, 0.15) is 11.8 Å². The molecule has 1 aliphatic rings. The van der Waals surface area contributed by atoms with Gasteiger partial charge in [0.15, 0.2) is 0 Å². The molecule has 0 saturated carbocycles. The summed E-state index contributed by atoms with van der Waals surface area (Å²) >= 11 is 3.44. The van der Waals surface area contributed by atoms with E-state index < -0.39 is 0 Å². The molecule has 5 heteroatoms. The zero-order valence-corrected chi connectivity index (χ0v) is 14.9. The van der Waals surface area contributed by atoms with Crippen LogP contribution >= 0.6 is 15.9 Å². The number of halogens is 1. The Morgan fingerprint density at radius 2 is 1.80 bits per heavy atom. The number of rotatable bonds is 3. The summed E-state index contributed by atoms with van der Waals surface area (Å²) in [7, 11) is 0. The fraction of sp³-hybridized carbons (Fsp3) is 0.100. The van der Waals surface area contributed by atoms with Crippen LogP contribution in [0.15, 0.2) is 87.0 Å². The van der Waals surface area contributed by atoms with E-state index in [4.69, 9.17) is 4.42 Å². The minimum atomic E-state index is -0.235. The van der Waals surface area contributed by atoms with E-state index in [1.54, 1.807) is 18.4 Å². The van der Waals surface area contributed by atoms with E-state index in [9.17, 15) is 4.79 Å². The van der Waals surface area contributed by atoms with E-state index in [1.165, 1.54) is 5.01 Å². The van der Waals surface area contributed by atoms with Crippen molar-refractivity contribution in [3.05, 3.63) is 94.4 Å². The largest absolute Gasteiger partial charge is 0.467 e. The third kappa shape index (κ3) is 3.15. The molecule has 1 atom stereocenters. The minimum Gasteiger partial charge on any atom is -0.467 e. The summed E-state index contributed by atoms with van der Waals surface area (Å²) in [6.07, 6.45) is 2.24. The molecule has 25 heavy (non-hydrogen) atoms. The van der Waals surface area contributed by atoms with Gasteiger partial charge in [-0.25, -0.2) is 5.01 Å². The number of carbonyl (C=O) groups excluding carboxylic acids is 1. The number of nitrogens with zero attached hydrogens (tertiary/aromatic N) is 2. The molecule has 2 heterocycles. The molecule has 2 aromatic carbocycles. The Hall–Kier alpha value is -2.66. The average molecular weight is 395 g/mol. The van der Waals surface area contributed by atoms with Crippen molar-refractivity contribution >= 4 is 27.5 Å². The average Bonchev–Trinajstić information content (AvgIpc) is 3.32. The molecule has 0 radical (unpaired) electrons. The number of hydrogen-bond acceptors (Lipinski definition) is 3. The van der Waals surface area contributed by atoms with Crippen molar-refractivity contribution in [1.29, 1.82) is 0 Å². The van der Waals surface area contributed by atoms with E-state index in [0.717, 1.165) is 21.5 Å². The van der Waals surface area contributed by atoms with Crippen molar-refractivity contribution in [2.45, 2.75) is 12.5 Å². The first kappa shape index (κ1) is 15.8. The highest BCUT2D eigenvalue weighted by atomic mass is 79.9. The molecule has 0 aliphatic carbocycles. The van der Waals surface area contributed by atoms with Crippen LogP contribution < -0.4 is 0 Å². The van der Waals surface area contributed by atoms with Gasteiger partial charge in [0.05, 0.1) is 12.0 Å². The lowest BCUT2D eigenvalue weighted by Gasteiger charge is -2.19. The van der Waals surface area contributed by atoms with Gasteiger partial charge in [0.2, 0.25) is 0 Å². The van der Waals surface area contributed by atoms with Gasteiger partial charge >= 0.3 is 0 Å². The van der Waals surface area contributed by atoms with Crippen LogP contribution in [-0.2, 0) is 0 Å². The summed E-state index contributed by atoms with van der Waals surface area (Å²) in [5.41, 5.74) is 2.49. The lowest BCUT2D eigenvalue weighted by Crippen LogP contribution is -2.26. The monoisotopic (exact) mass is 394 g/mol. The number of hydrogen-bond donors (Lipinski definition) is 0. The first-order valence-corrected chi connectivity index (χ1v) is 8.77. The van der Waals surface area contributed by atoms with Gasteiger partial charge in [-0.05, 0) is 42.0 Å². The molecule has 1 amide bonds. The smallest absolute Gasteiger partial charge is 0.274 e. The summed E-state index contributed by atoms with van der Waals surface area (Å²) in [4.78, 5) is 13.0. The molecule has 1 aliphatic heterocycles. The van der Waals surface area contributed by atoms with Crippen molar-refractivity contribution in [1.82, 2.24) is 5.01 Å². The highest BCUT2D eigenvalue weighted by Gasteiger charge is 2.35. The summed E-state index contributed by atoms with van der Waals surface area (Å²) in [5.74, 6) is 0.606. The van der Waals surface area contributed by atoms with Gasteiger partial charge in [0, 0.05) is 16.5 Å². The number of amides is 1. The molecule has 0 N–H and O–H groups in total. The number of hydrazone groups is 1. The molecule has 0 bridgehead atoms. The maximum absolute atomic E-state index is 13.0. The summed E-state index contributed by atoms with van der Waals surface area (Å²) in [6.45, 7) is 0. The molecular weight excluding hydrogens is 380 g/mol. The van der Waals surface area contributed by atoms with Gasteiger partial charge in [-0.3, -0.25) is 4.79 Å². The summed E-state index contributed by atoms with van der Waals surface area (Å²) in [5, 5.41) is 6.16. The van der Waals surface area contributed by atoms with E-state index in [0.29, 0.717) is 12.0 Å². The third-order valence-corrected chi connectivity index (χ3v) is 4.72. The predicted octanol–water partition coefficient (Wildman–Crippen LogP) is 5.03. The molecule has 0 fully saturated rings. The van der Waals surface area contributed by atoms with Crippen LogP contribution in [-0.4, -0.2) is 16.6 Å². The summed E-state index contributed by atoms with van der Waals surface area (Å²) in [6, 6.07) is 20.6. The highest BCUT2D eigenvalue weighted by Crippen LogP contribution is 2.34. The molecule has 3 aromatic rings. The van der Waals surface area contributed by atoms with Crippen LogP contribution in [0, 0.1) is 0 Å². The van der Waals surface area contributed by atoms with E-state index in [1.807, 2.05) is 54.6 Å².